The van der Waals surface area contributed by atoms with Gasteiger partial charge in [0.2, 0.25) is 0 Å². The average Bonchev–Trinajstić information content (AvgIpc) is 3.11. The van der Waals surface area contributed by atoms with Crippen LogP contribution in [0, 0.1) is 10.1 Å². The Hall–Kier alpha value is -1.91. The Bertz CT molecular complexity index is 614. The zero-order valence-electron chi connectivity index (χ0n) is 12.1. The van der Waals surface area contributed by atoms with E-state index in [1.807, 2.05) is 6.26 Å². The first-order chi connectivity index (χ1) is 11.1. The molecule has 0 unspecified atom stereocenters. The molecule has 23 heavy (non-hydrogen) atoms. The van der Waals surface area contributed by atoms with Crippen LogP contribution in [0.1, 0.15) is 10.4 Å². The lowest BCUT2D eigenvalue weighted by molar-refractivity contribution is -0.769. The number of pyridine rings is 1. The van der Waals surface area contributed by atoms with E-state index in [-0.39, 0.29) is 13.2 Å². The average molecular weight is 342 g/mol. The number of aromatic nitrogens is 1. The molecule has 124 valence electrons. The lowest BCUT2D eigenvalue weighted by Gasteiger charge is -2.17. The van der Waals surface area contributed by atoms with Crippen molar-refractivity contribution in [3.63, 3.8) is 0 Å². The third kappa shape index (κ3) is 3.23. The van der Waals surface area contributed by atoms with Crippen molar-refractivity contribution >= 4 is 17.7 Å². The SMILES string of the molecule is CSc1ncccc1C(=O)O[C@H]1CO[C@H]2[C@@H]1OC[C@H]2O[N+](=O)[O-]. The smallest absolute Gasteiger partial charge is 0.341 e. The van der Waals surface area contributed by atoms with Crippen molar-refractivity contribution in [1.29, 1.82) is 0 Å². The molecule has 2 saturated heterocycles. The number of rotatable bonds is 5. The lowest BCUT2D eigenvalue weighted by atomic mass is 10.1. The zero-order chi connectivity index (χ0) is 16.4. The van der Waals surface area contributed by atoms with Crippen LogP contribution in [-0.4, -0.2) is 59.9 Å². The van der Waals surface area contributed by atoms with Crippen LogP contribution in [0.5, 0.6) is 0 Å². The molecule has 0 bridgehead atoms. The summed E-state index contributed by atoms with van der Waals surface area (Å²) in [5, 5.41) is 10.1. The van der Waals surface area contributed by atoms with E-state index >= 15 is 0 Å². The van der Waals surface area contributed by atoms with Crippen LogP contribution in [0.2, 0.25) is 0 Å². The fourth-order valence-corrected chi connectivity index (χ4v) is 3.18. The molecule has 4 atom stereocenters. The summed E-state index contributed by atoms with van der Waals surface area (Å²) in [6.45, 7) is 0.126. The van der Waals surface area contributed by atoms with Crippen LogP contribution in [0.15, 0.2) is 23.4 Å². The molecule has 0 aliphatic carbocycles. The van der Waals surface area contributed by atoms with Gasteiger partial charge in [-0.1, -0.05) is 0 Å². The number of carbonyl (C=O) groups is 1. The van der Waals surface area contributed by atoms with E-state index < -0.39 is 35.5 Å². The highest BCUT2D eigenvalue weighted by Gasteiger charge is 2.51. The van der Waals surface area contributed by atoms with Gasteiger partial charge in [-0.3, -0.25) is 0 Å². The zero-order valence-corrected chi connectivity index (χ0v) is 12.9. The Balaban J connectivity index is 1.66. The van der Waals surface area contributed by atoms with E-state index in [9.17, 15) is 14.9 Å². The molecule has 0 N–H and O–H groups in total. The molecule has 2 fully saturated rings. The molecule has 1 aromatic rings. The van der Waals surface area contributed by atoms with Gasteiger partial charge in [0.1, 0.15) is 17.2 Å². The maximum Gasteiger partial charge on any atom is 0.341 e. The van der Waals surface area contributed by atoms with E-state index in [1.165, 1.54) is 11.8 Å². The minimum absolute atomic E-state index is 0.0211. The molecule has 2 aliphatic heterocycles. The van der Waals surface area contributed by atoms with Crippen LogP contribution in [-0.2, 0) is 19.0 Å². The van der Waals surface area contributed by atoms with Crippen molar-refractivity contribution in [2.75, 3.05) is 19.5 Å². The largest absolute Gasteiger partial charge is 0.453 e. The van der Waals surface area contributed by atoms with E-state index in [4.69, 9.17) is 14.2 Å². The number of esters is 1. The summed E-state index contributed by atoms with van der Waals surface area (Å²) >= 11 is 1.34. The monoisotopic (exact) mass is 342 g/mol. The molecule has 0 aromatic carbocycles. The highest BCUT2D eigenvalue weighted by molar-refractivity contribution is 7.98. The van der Waals surface area contributed by atoms with Crippen LogP contribution in [0.3, 0.4) is 0 Å². The van der Waals surface area contributed by atoms with Crippen molar-refractivity contribution in [2.45, 2.75) is 29.4 Å². The number of ether oxygens (including phenoxy) is 3. The Morgan fingerprint density at radius 2 is 2.09 bits per heavy atom. The fraction of sp³-hybridized carbons (Fsp3) is 0.538. The van der Waals surface area contributed by atoms with Crippen LogP contribution in [0.25, 0.3) is 0 Å². The van der Waals surface area contributed by atoms with Gasteiger partial charge in [0.15, 0.2) is 12.2 Å². The molecular weight excluding hydrogens is 328 g/mol. The molecule has 3 heterocycles. The highest BCUT2D eigenvalue weighted by atomic mass is 32.2. The standard InChI is InChI=1S/C13H14N2O7S/c1-23-12-7(3-2-4-14-12)13(16)21-8-5-19-11-9(22-15(17)18)6-20-10(8)11/h2-4,8-11H,5-6H2,1H3/t8-,9+,10+,11+/m0/s1. The van der Waals surface area contributed by atoms with Gasteiger partial charge in [-0.05, 0) is 18.4 Å². The minimum atomic E-state index is -0.876. The first-order valence-electron chi connectivity index (χ1n) is 6.84. The summed E-state index contributed by atoms with van der Waals surface area (Å²) in [7, 11) is 0. The first-order valence-corrected chi connectivity index (χ1v) is 8.07. The second-order valence-corrected chi connectivity index (χ2v) is 5.76. The molecule has 0 saturated carbocycles. The van der Waals surface area contributed by atoms with E-state index in [0.717, 1.165) is 0 Å². The maximum atomic E-state index is 12.3. The maximum absolute atomic E-state index is 12.3. The molecule has 3 rings (SSSR count). The molecule has 0 spiro atoms. The Morgan fingerprint density at radius 3 is 2.78 bits per heavy atom. The second-order valence-electron chi connectivity index (χ2n) is 4.97. The van der Waals surface area contributed by atoms with Gasteiger partial charge < -0.3 is 19.0 Å². The summed E-state index contributed by atoms with van der Waals surface area (Å²) in [4.78, 5) is 31.4. The van der Waals surface area contributed by atoms with Crippen LogP contribution in [0.4, 0.5) is 0 Å². The van der Waals surface area contributed by atoms with Crippen LogP contribution >= 0.6 is 11.8 Å². The molecule has 10 heteroatoms. The summed E-state index contributed by atoms with van der Waals surface area (Å²) in [5.74, 6) is -0.529. The van der Waals surface area contributed by atoms with Crippen LogP contribution < -0.4 is 0 Å². The summed E-state index contributed by atoms with van der Waals surface area (Å²) in [5.41, 5.74) is 0.361. The minimum Gasteiger partial charge on any atom is -0.453 e. The number of nitrogens with zero attached hydrogens (tertiary/aromatic N) is 2. The summed E-state index contributed by atoms with van der Waals surface area (Å²) in [6, 6.07) is 3.28. The molecular formula is C13H14N2O7S. The van der Waals surface area contributed by atoms with Crippen molar-refractivity contribution in [1.82, 2.24) is 4.98 Å². The predicted molar refractivity (Wildman–Crippen MR) is 76.6 cm³/mol. The predicted octanol–water partition coefficient (Wildman–Crippen LogP) is 0.703. The summed E-state index contributed by atoms with van der Waals surface area (Å²) < 4.78 is 16.3. The van der Waals surface area contributed by atoms with Gasteiger partial charge in [0.25, 0.3) is 5.09 Å². The molecule has 2 aliphatic rings. The van der Waals surface area contributed by atoms with Gasteiger partial charge in [0, 0.05) is 6.20 Å². The number of hydrogen-bond donors (Lipinski definition) is 0. The molecule has 0 radical (unpaired) electrons. The fourth-order valence-electron chi connectivity index (χ4n) is 2.64. The van der Waals surface area contributed by atoms with E-state index in [1.54, 1.807) is 18.3 Å². The van der Waals surface area contributed by atoms with Gasteiger partial charge in [0.05, 0.1) is 18.8 Å². The molecule has 9 nitrogen and oxygen atoms in total. The number of hydrogen-bond acceptors (Lipinski definition) is 9. The van der Waals surface area contributed by atoms with Gasteiger partial charge >= 0.3 is 5.97 Å². The third-order valence-electron chi connectivity index (χ3n) is 3.63. The number of fused-ring (bicyclic) bond motifs is 1. The van der Waals surface area contributed by atoms with Crippen molar-refractivity contribution in [2.24, 2.45) is 0 Å². The normalized spacial score (nSPS) is 29.1. The van der Waals surface area contributed by atoms with Crippen molar-refractivity contribution in [3.8, 4) is 0 Å². The Kier molecular flexibility index (Phi) is 4.64. The van der Waals surface area contributed by atoms with Crippen molar-refractivity contribution in [3.05, 3.63) is 34.0 Å². The van der Waals surface area contributed by atoms with Gasteiger partial charge in [-0.15, -0.1) is 21.9 Å². The third-order valence-corrected chi connectivity index (χ3v) is 4.34. The Morgan fingerprint density at radius 1 is 1.39 bits per heavy atom. The molecule has 0 amide bonds. The van der Waals surface area contributed by atoms with E-state index in [2.05, 4.69) is 9.82 Å². The van der Waals surface area contributed by atoms with E-state index in [0.29, 0.717) is 10.6 Å². The highest BCUT2D eigenvalue weighted by Crippen LogP contribution is 2.31. The topological polar surface area (TPSA) is 110 Å². The second kappa shape index (κ2) is 6.69. The lowest BCUT2D eigenvalue weighted by Crippen LogP contribution is -2.35. The number of carbonyl (C=O) groups excluding carboxylic acids is 1. The first kappa shape index (κ1) is 16.0. The summed E-state index contributed by atoms with van der Waals surface area (Å²) in [6.07, 6.45) is 0.775. The Labute approximate surface area is 135 Å². The molecule has 1 aromatic heterocycles. The quantitative estimate of drug-likeness (QED) is 0.330. The van der Waals surface area contributed by atoms with Gasteiger partial charge in [-0.25, -0.2) is 9.78 Å². The van der Waals surface area contributed by atoms with Gasteiger partial charge in [-0.2, -0.15) is 0 Å². The number of thioether (sulfide) groups is 1. The van der Waals surface area contributed by atoms with Crippen molar-refractivity contribution < 1.29 is 28.9 Å².